The van der Waals surface area contributed by atoms with E-state index in [1.54, 1.807) is 26.0 Å². The van der Waals surface area contributed by atoms with Crippen LogP contribution in [-0.2, 0) is 0 Å². The number of carbonyl (C=O) groups excluding carboxylic acids is 1. The molecule has 17 heavy (non-hydrogen) atoms. The number of carbonyl (C=O) groups is 1. The third kappa shape index (κ3) is 2.23. The molecule has 1 heterocycles. The summed E-state index contributed by atoms with van der Waals surface area (Å²) in [6, 6.07) is 1.88. The number of amides is 1. The minimum absolute atomic E-state index is 0.0372. The number of hydrogen-bond acceptors (Lipinski definition) is 4. The molecule has 1 aliphatic rings. The maximum atomic E-state index is 12.0. The average molecular weight is 234 g/mol. The lowest BCUT2D eigenvalue weighted by molar-refractivity contribution is 0.0827. The van der Waals surface area contributed by atoms with Crippen LogP contribution in [0.2, 0.25) is 0 Å². The highest BCUT2D eigenvalue weighted by Gasteiger charge is 2.24. The van der Waals surface area contributed by atoms with E-state index in [2.05, 4.69) is 15.5 Å². The van der Waals surface area contributed by atoms with E-state index in [4.69, 9.17) is 0 Å². The van der Waals surface area contributed by atoms with Gasteiger partial charge in [-0.25, -0.2) is 0 Å². The SMILES string of the molecule is CNc1nnc(C2CCC2)cc1C(=O)N(C)C. The van der Waals surface area contributed by atoms with Crippen LogP contribution in [0, 0.1) is 0 Å². The van der Waals surface area contributed by atoms with Gasteiger partial charge in [0.1, 0.15) is 0 Å². The quantitative estimate of drug-likeness (QED) is 0.860. The van der Waals surface area contributed by atoms with Crippen LogP contribution in [0.5, 0.6) is 0 Å². The molecule has 1 N–H and O–H groups in total. The second kappa shape index (κ2) is 4.69. The number of nitrogens with zero attached hydrogens (tertiary/aromatic N) is 3. The molecule has 2 rings (SSSR count). The van der Waals surface area contributed by atoms with E-state index < -0.39 is 0 Å². The van der Waals surface area contributed by atoms with Crippen molar-refractivity contribution in [1.29, 1.82) is 0 Å². The number of hydrogen-bond donors (Lipinski definition) is 1. The molecular weight excluding hydrogens is 216 g/mol. The Morgan fingerprint density at radius 2 is 2.12 bits per heavy atom. The number of nitrogens with one attached hydrogen (secondary N) is 1. The van der Waals surface area contributed by atoms with Gasteiger partial charge in [-0.15, -0.1) is 5.10 Å². The summed E-state index contributed by atoms with van der Waals surface area (Å²) >= 11 is 0. The molecule has 0 spiro atoms. The topological polar surface area (TPSA) is 58.1 Å². The van der Waals surface area contributed by atoms with Crippen molar-refractivity contribution in [3.8, 4) is 0 Å². The third-order valence-electron chi connectivity index (χ3n) is 3.21. The first-order chi connectivity index (χ1) is 8.13. The molecule has 0 saturated heterocycles. The molecule has 1 aromatic heterocycles. The first-order valence-electron chi connectivity index (χ1n) is 5.90. The van der Waals surface area contributed by atoms with Gasteiger partial charge in [0.25, 0.3) is 5.91 Å². The molecule has 0 aliphatic heterocycles. The summed E-state index contributed by atoms with van der Waals surface area (Å²) in [7, 11) is 5.23. The molecule has 0 radical (unpaired) electrons. The molecular formula is C12H18N4O. The van der Waals surface area contributed by atoms with Crippen molar-refractivity contribution in [3.63, 3.8) is 0 Å². The minimum Gasteiger partial charge on any atom is -0.371 e. The van der Waals surface area contributed by atoms with Crippen LogP contribution in [0.25, 0.3) is 0 Å². The summed E-state index contributed by atoms with van der Waals surface area (Å²) < 4.78 is 0. The highest BCUT2D eigenvalue weighted by atomic mass is 16.2. The van der Waals surface area contributed by atoms with Crippen molar-refractivity contribution in [2.75, 3.05) is 26.5 Å². The second-order valence-corrected chi connectivity index (χ2v) is 4.61. The van der Waals surface area contributed by atoms with E-state index in [1.165, 1.54) is 6.42 Å². The Morgan fingerprint density at radius 3 is 2.59 bits per heavy atom. The van der Waals surface area contributed by atoms with Gasteiger partial charge in [0, 0.05) is 27.1 Å². The van der Waals surface area contributed by atoms with Gasteiger partial charge in [-0.2, -0.15) is 5.10 Å². The van der Waals surface area contributed by atoms with E-state index in [9.17, 15) is 4.79 Å². The molecule has 1 fully saturated rings. The summed E-state index contributed by atoms with van der Waals surface area (Å²) in [6.07, 6.45) is 3.56. The number of anilines is 1. The van der Waals surface area contributed by atoms with Crippen molar-refractivity contribution in [2.24, 2.45) is 0 Å². The fourth-order valence-corrected chi connectivity index (χ4v) is 1.90. The zero-order chi connectivity index (χ0) is 12.4. The molecule has 0 aromatic carbocycles. The Hall–Kier alpha value is -1.65. The fourth-order valence-electron chi connectivity index (χ4n) is 1.90. The predicted molar refractivity (Wildman–Crippen MR) is 66.2 cm³/mol. The van der Waals surface area contributed by atoms with Crippen molar-refractivity contribution in [1.82, 2.24) is 15.1 Å². The maximum absolute atomic E-state index is 12.0. The summed E-state index contributed by atoms with van der Waals surface area (Å²) in [5, 5.41) is 11.2. The molecule has 0 unspecified atom stereocenters. The second-order valence-electron chi connectivity index (χ2n) is 4.61. The summed E-state index contributed by atoms with van der Waals surface area (Å²) in [6.45, 7) is 0. The van der Waals surface area contributed by atoms with Crippen LogP contribution in [0.3, 0.4) is 0 Å². The third-order valence-corrected chi connectivity index (χ3v) is 3.21. The van der Waals surface area contributed by atoms with Crippen molar-refractivity contribution >= 4 is 11.7 Å². The van der Waals surface area contributed by atoms with Gasteiger partial charge in [0.2, 0.25) is 0 Å². The predicted octanol–water partition coefficient (Wildman–Crippen LogP) is 1.49. The van der Waals surface area contributed by atoms with E-state index in [-0.39, 0.29) is 5.91 Å². The highest BCUT2D eigenvalue weighted by Crippen LogP contribution is 2.35. The number of aromatic nitrogens is 2. The first-order valence-corrected chi connectivity index (χ1v) is 5.90. The molecule has 5 nitrogen and oxygen atoms in total. The van der Waals surface area contributed by atoms with E-state index in [0.717, 1.165) is 18.5 Å². The first kappa shape index (κ1) is 11.8. The molecule has 1 amide bonds. The Labute approximate surface area is 101 Å². The van der Waals surface area contributed by atoms with Gasteiger partial charge in [0.05, 0.1) is 11.3 Å². The maximum Gasteiger partial charge on any atom is 0.257 e. The molecule has 1 aromatic rings. The lowest BCUT2D eigenvalue weighted by Gasteiger charge is -2.25. The lowest BCUT2D eigenvalue weighted by atomic mass is 9.82. The molecule has 92 valence electrons. The van der Waals surface area contributed by atoms with Gasteiger partial charge in [-0.1, -0.05) is 6.42 Å². The summed E-state index contributed by atoms with van der Waals surface area (Å²) in [5.41, 5.74) is 1.55. The van der Waals surface area contributed by atoms with Crippen molar-refractivity contribution < 1.29 is 4.79 Å². The highest BCUT2D eigenvalue weighted by molar-refractivity contribution is 5.98. The standard InChI is InChI=1S/C12H18N4O/c1-13-11-9(12(17)16(2)3)7-10(14-15-11)8-5-4-6-8/h7-8H,4-6H2,1-3H3,(H,13,15). The average Bonchev–Trinajstić information content (AvgIpc) is 2.25. The van der Waals surface area contributed by atoms with Crippen LogP contribution in [0.15, 0.2) is 6.07 Å². The molecule has 1 saturated carbocycles. The van der Waals surface area contributed by atoms with Crippen LogP contribution >= 0.6 is 0 Å². The van der Waals surface area contributed by atoms with Crippen LogP contribution < -0.4 is 5.32 Å². The van der Waals surface area contributed by atoms with Crippen LogP contribution in [-0.4, -0.2) is 42.1 Å². The van der Waals surface area contributed by atoms with Crippen LogP contribution in [0.1, 0.15) is 41.2 Å². The normalized spacial score (nSPS) is 15.2. The van der Waals surface area contributed by atoms with Crippen molar-refractivity contribution in [2.45, 2.75) is 25.2 Å². The summed E-state index contributed by atoms with van der Waals surface area (Å²) in [5.74, 6) is 0.999. The van der Waals surface area contributed by atoms with Crippen molar-refractivity contribution in [3.05, 3.63) is 17.3 Å². The van der Waals surface area contributed by atoms with Gasteiger partial charge in [-0.05, 0) is 18.9 Å². The van der Waals surface area contributed by atoms with Crippen LogP contribution in [0.4, 0.5) is 5.82 Å². The number of rotatable bonds is 3. The monoisotopic (exact) mass is 234 g/mol. The largest absolute Gasteiger partial charge is 0.371 e. The Kier molecular flexibility index (Phi) is 3.26. The van der Waals surface area contributed by atoms with Gasteiger partial charge in [0.15, 0.2) is 5.82 Å². The van der Waals surface area contributed by atoms with E-state index >= 15 is 0 Å². The minimum atomic E-state index is -0.0372. The lowest BCUT2D eigenvalue weighted by Crippen LogP contribution is -2.24. The van der Waals surface area contributed by atoms with E-state index in [0.29, 0.717) is 17.3 Å². The fraction of sp³-hybridized carbons (Fsp3) is 0.583. The zero-order valence-electron chi connectivity index (χ0n) is 10.5. The Bertz CT molecular complexity index is 427. The Morgan fingerprint density at radius 1 is 1.41 bits per heavy atom. The zero-order valence-corrected chi connectivity index (χ0v) is 10.5. The Balaban J connectivity index is 2.35. The molecule has 5 heteroatoms. The molecule has 0 bridgehead atoms. The summed E-state index contributed by atoms with van der Waals surface area (Å²) in [4.78, 5) is 13.6. The smallest absolute Gasteiger partial charge is 0.257 e. The van der Waals surface area contributed by atoms with Gasteiger partial charge in [-0.3, -0.25) is 4.79 Å². The van der Waals surface area contributed by atoms with Gasteiger partial charge >= 0.3 is 0 Å². The van der Waals surface area contributed by atoms with E-state index in [1.807, 2.05) is 6.07 Å². The molecule has 0 atom stereocenters. The van der Waals surface area contributed by atoms with Gasteiger partial charge < -0.3 is 10.2 Å². The molecule has 1 aliphatic carbocycles.